The number of aromatic nitrogens is 1. The summed E-state index contributed by atoms with van der Waals surface area (Å²) in [6.07, 6.45) is 6.68. The molecule has 0 unspecified atom stereocenters. The number of nitrogens with one attached hydrogen (secondary N) is 1. The molecule has 0 aromatic carbocycles. The largest absolute Gasteiger partial charge is 0.473 e. The molecule has 0 amide bonds. The van der Waals surface area contributed by atoms with Gasteiger partial charge in [0.25, 0.3) is 0 Å². The number of pyridine rings is 1. The quantitative estimate of drug-likeness (QED) is 0.884. The molecule has 3 nitrogen and oxygen atoms in total. The van der Waals surface area contributed by atoms with Gasteiger partial charge in [-0.3, -0.25) is 0 Å². The Balaban J connectivity index is 1.93. The second kappa shape index (κ2) is 6.77. The third-order valence-corrected chi connectivity index (χ3v) is 4.28. The minimum atomic E-state index is 0.257. The molecule has 20 heavy (non-hydrogen) atoms. The van der Waals surface area contributed by atoms with Crippen LogP contribution in [0.1, 0.15) is 52.0 Å². The second-order valence-corrected chi connectivity index (χ2v) is 6.80. The van der Waals surface area contributed by atoms with E-state index in [0.717, 1.165) is 31.5 Å². The number of halogens is 1. The van der Waals surface area contributed by atoms with E-state index in [0.29, 0.717) is 16.3 Å². The maximum atomic E-state index is 6.27. The highest BCUT2D eigenvalue weighted by atomic mass is 35.5. The standard InChI is InChI=1S/C16H25ClN2O/c1-4-18-10-12-9-14(17)15(19-11-12)20-13-5-7-16(2,3)8-6-13/h9,11,13,18H,4-8,10H2,1-3H3. The zero-order chi connectivity index (χ0) is 14.6. The van der Waals surface area contributed by atoms with Gasteiger partial charge in [0.15, 0.2) is 0 Å². The fraction of sp³-hybridized carbons (Fsp3) is 0.688. The molecule has 0 saturated heterocycles. The van der Waals surface area contributed by atoms with Crippen LogP contribution >= 0.6 is 11.6 Å². The molecule has 1 N–H and O–H groups in total. The van der Waals surface area contributed by atoms with Crippen molar-refractivity contribution in [3.63, 3.8) is 0 Å². The van der Waals surface area contributed by atoms with E-state index in [1.807, 2.05) is 12.3 Å². The van der Waals surface area contributed by atoms with Crippen LogP contribution in [0, 0.1) is 5.41 Å². The monoisotopic (exact) mass is 296 g/mol. The van der Waals surface area contributed by atoms with E-state index < -0.39 is 0 Å². The molecule has 1 aliphatic carbocycles. The molecule has 2 rings (SSSR count). The number of hydrogen-bond donors (Lipinski definition) is 1. The summed E-state index contributed by atoms with van der Waals surface area (Å²) in [6.45, 7) is 8.46. The highest BCUT2D eigenvalue weighted by Gasteiger charge is 2.28. The second-order valence-electron chi connectivity index (χ2n) is 6.39. The first-order valence-corrected chi connectivity index (χ1v) is 7.90. The lowest BCUT2D eigenvalue weighted by Crippen LogP contribution is -2.28. The number of ether oxygens (including phenoxy) is 1. The SMILES string of the molecule is CCNCc1cnc(OC2CCC(C)(C)CC2)c(Cl)c1. The van der Waals surface area contributed by atoms with Crippen LogP contribution in [0.15, 0.2) is 12.3 Å². The maximum Gasteiger partial charge on any atom is 0.232 e. The molecular weight excluding hydrogens is 272 g/mol. The molecule has 0 atom stereocenters. The van der Waals surface area contributed by atoms with Crippen LogP contribution in [0.4, 0.5) is 0 Å². The number of nitrogens with zero attached hydrogens (tertiary/aromatic N) is 1. The van der Waals surface area contributed by atoms with Gasteiger partial charge in [-0.15, -0.1) is 0 Å². The molecule has 4 heteroatoms. The predicted molar refractivity (Wildman–Crippen MR) is 83.3 cm³/mol. The minimum Gasteiger partial charge on any atom is -0.473 e. The Bertz CT molecular complexity index is 438. The van der Waals surface area contributed by atoms with Gasteiger partial charge in [-0.2, -0.15) is 0 Å². The highest BCUT2D eigenvalue weighted by molar-refractivity contribution is 6.31. The average molecular weight is 297 g/mol. The van der Waals surface area contributed by atoms with E-state index in [-0.39, 0.29) is 6.10 Å². The van der Waals surface area contributed by atoms with Crippen molar-refractivity contribution in [1.82, 2.24) is 10.3 Å². The van der Waals surface area contributed by atoms with Crippen molar-refractivity contribution in [2.45, 2.75) is 59.1 Å². The summed E-state index contributed by atoms with van der Waals surface area (Å²) in [4.78, 5) is 4.37. The van der Waals surface area contributed by atoms with Crippen molar-refractivity contribution in [2.24, 2.45) is 5.41 Å². The lowest BCUT2D eigenvalue weighted by Gasteiger charge is -2.34. The van der Waals surface area contributed by atoms with Crippen LogP contribution in [0.25, 0.3) is 0 Å². The molecule has 1 aromatic rings. The molecule has 0 spiro atoms. The van der Waals surface area contributed by atoms with Gasteiger partial charge in [0.05, 0.1) is 0 Å². The lowest BCUT2D eigenvalue weighted by molar-refractivity contribution is 0.0949. The summed E-state index contributed by atoms with van der Waals surface area (Å²) < 4.78 is 5.98. The van der Waals surface area contributed by atoms with Crippen LogP contribution in [0.2, 0.25) is 5.02 Å². The number of hydrogen-bond acceptors (Lipinski definition) is 3. The van der Waals surface area contributed by atoms with Gasteiger partial charge in [0.2, 0.25) is 5.88 Å². The summed E-state index contributed by atoms with van der Waals surface area (Å²) in [7, 11) is 0. The third-order valence-electron chi connectivity index (χ3n) is 4.01. The van der Waals surface area contributed by atoms with Crippen LogP contribution in [-0.4, -0.2) is 17.6 Å². The first kappa shape index (κ1) is 15.6. The van der Waals surface area contributed by atoms with Crippen LogP contribution < -0.4 is 10.1 Å². The van der Waals surface area contributed by atoms with Crippen molar-refractivity contribution in [3.8, 4) is 5.88 Å². The topological polar surface area (TPSA) is 34.2 Å². The smallest absolute Gasteiger partial charge is 0.232 e. The Morgan fingerprint density at radius 3 is 2.70 bits per heavy atom. The lowest BCUT2D eigenvalue weighted by atomic mass is 9.76. The van der Waals surface area contributed by atoms with Gasteiger partial charge in [-0.05, 0) is 49.3 Å². The fourth-order valence-corrected chi connectivity index (χ4v) is 2.80. The van der Waals surface area contributed by atoms with Gasteiger partial charge in [0.1, 0.15) is 11.1 Å². The Labute approximate surface area is 127 Å². The molecule has 112 valence electrons. The first-order valence-electron chi connectivity index (χ1n) is 7.52. The zero-order valence-corrected chi connectivity index (χ0v) is 13.5. The molecule has 1 fully saturated rings. The van der Waals surface area contributed by atoms with Crippen molar-refractivity contribution < 1.29 is 4.74 Å². The molecule has 1 aliphatic rings. The molecule has 1 aromatic heterocycles. The normalized spacial score (nSPS) is 19.0. The van der Waals surface area contributed by atoms with E-state index in [2.05, 4.69) is 31.1 Å². The van der Waals surface area contributed by atoms with Crippen LogP contribution in [0.5, 0.6) is 5.88 Å². The van der Waals surface area contributed by atoms with Gasteiger partial charge < -0.3 is 10.1 Å². The molecule has 1 heterocycles. The van der Waals surface area contributed by atoms with E-state index in [4.69, 9.17) is 16.3 Å². The Kier molecular flexibility index (Phi) is 5.28. The molecule has 0 radical (unpaired) electrons. The summed E-state index contributed by atoms with van der Waals surface area (Å²) in [5.74, 6) is 0.580. The zero-order valence-electron chi connectivity index (χ0n) is 12.7. The highest BCUT2D eigenvalue weighted by Crippen LogP contribution is 2.37. The van der Waals surface area contributed by atoms with Gasteiger partial charge in [0, 0.05) is 12.7 Å². The van der Waals surface area contributed by atoms with Gasteiger partial charge >= 0.3 is 0 Å². The maximum absolute atomic E-state index is 6.27. The average Bonchev–Trinajstić information content (AvgIpc) is 2.41. The summed E-state index contributed by atoms with van der Waals surface area (Å²) in [5.41, 5.74) is 1.54. The molecular formula is C16H25ClN2O. The van der Waals surface area contributed by atoms with E-state index in [1.165, 1.54) is 12.8 Å². The van der Waals surface area contributed by atoms with Crippen LogP contribution in [-0.2, 0) is 6.54 Å². The van der Waals surface area contributed by atoms with E-state index in [9.17, 15) is 0 Å². The van der Waals surface area contributed by atoms with Crippen LogP contribution in [0.3, 0.4) is 0 Å². The minimum absolute atomic E-state index is 0.257. The van der Waals surface area contributed by atoms with Crippen molar-refractivity contribution in [1.29, 1.82) is 0 Å². The Morgan fingerprint density at radius 1 is 1.40 bits per heavy atom. The van der Waals surface area contributed by atoms with Gasteiger partial charge in [-0.1, -0.05) is 32.4 Å². The Hall–Kier alpha value is -0.800. The van der Waals surface area contributed by atoms with E-state index in [1.54, 1.807) is 0 Å². The summed E-state index contributed by atoms with van der Waals surface area (Å²) in [6, 6.07) is 1.94. The first-order chi connectivity index (χ1) is 9.50. The van der Waals surface area contributed by atoms with Crippen molar-refractivity contribution >= 4 is 11.6 Å². The fourth-order valence-electron chi connectivity index (χ4n) is 2.57. The van der Waals surface area contributed by atoms with Crippen molar-refractivity contribution in [3.05, 3.63) is 22.8 Å². The number of rotatable bonds is 5. The Morgan fingerprint density at radius 2 is 2.10 bits per heavy atom. The van der Waals surface area contributed by atoms with E-state index >= 15 is 0 Å². The molecule has 0 bridgehead atoms. The van der Waals surface area contributed by atoms with Crippen molar-refractivity contribution in [2.75, 3.05) is 6.54 Å². The molecule has 1 saturated carbocycles. The summed E-state index contributed by atoms with van der Waals surface area (Å²) >= 11 is 6.27. The summed E-state index contributed by atoms with van der Waals surface area (Å²) in [5, 5.41) is 3.88. The predicted octanol–water partition coefficient (Wildman–Crippen LogP) is 4.19. The third kappa shape index (κ3) is 4.35. The molecule has 0 aliphatic heterocycles. The van der Waals surface area contributed by atoms with Gasteiger partial charge in [-0.25, -0.2) is 4.98 Å².